The number of ether oxygens (including phenoxy) is 1. The maximum Gasteiger partial charge on any atom is 0.329 e. The van der Waals surface area contributed by atoms with Gasteiger partial charge in [0.1, 0.15) is 5.54 Å². The van der Waals surface area contributed by atoms with Crippen LogP contribution < -0.4 is 10.6 Å². The van der Waals surface area contributed by atoms with Gasteiger partial charge in [-0.2, -0.15) is 0 Å². The van der Waals surface area contributed by atoms with E-state index in [1.165, 1.54) is 0 Å². The predicted octanol–water partition coefficient (Wildman–Crippen LogP) is 0.470. The summed E-state index contributed by atoms with van der Waals surface area (Å²) in [6.45, 7) is 2.63. The minimum absolute atomic E-state index is 0.108. The van der Waals surface area contributed by atoms with Crippen molar-refractivity contribution in [3.63, 3.8) is 0 Å². The fourth-order valence-corrected chi connectivity index (χ4v) is 2.01. The number of carbonyl (C=O) groups is 2. The summed E-state index contributed by atoms with van der Waals surface area (Å²) >= 11 is 0. The highest BCUT2D eigenvalue weighted by atomic mass is 16.5. The number of amides is 2. The van der Waals surface area contributed by atoms with Crippen LogP contribution in [0.5, 0.6) is 0 Å². The highest BCUT2D eigenvalue weighted by Crippen LogP contribution is 2.35. The Bertz CT molecular complexity index is 321. The number of carboxylic acid groups (broad SMARTS) is 1. The molecule has 2 fully saturated rings. The first-order valence-corrected chi connectivity index (χ1v) is 5.99. The molecule has 0 aromatic carbocycles. The Labute approximate surface area is 99.7 Å². The van der Waals surface area contributed by atoms with Crippen LogP contribution in [0.15, 0.2) is 0 Å². The van der Waals surface area contributed by atoms with Crippen LogP contribution in [0.25, 0.3) is 0 Å². The second kappa shape index (κ2) is 4.52. The van der Waals surface area contributed by atoms with E-state index in [0.717, 1.165) is 12.8 Å². The summed E-state index contributed by atoms with van der Waals surface area (Å²) in [5.41, 5.74) is -1.01. The van der Waals surface area contributed by atoms with Gasteiger partial charge >= 0.3 is 12.0 Å². The van der Waals surface area contributed by atoms with Crippen molar-refractivity contribution in [3.8, 4) is 0 Å². The molecule has 0 heterocycles. The number of urea groups is 1. The number of nitrogens with one attached hydrogen (secondary N) is 2. The van der Waals surface area contributed by atoms with Crippen molar-refractivity contribution in [2.75, 3.05) is 6.61 Å². The van der Waals surface area contributed by atoms with Gasteiger partial charge in [0, 0.05) is 12.6 Å². The van der Waals surface area contributed by atoms with E-state index in [4.69, 9.17) is 9.84 Å². The topological polar surface area (TPSA) is 87.7 Å². The molecule has 6 heteroatoms. The zero-order valence-corrected chi connectivity index (χ0v) is 9.86. The van der Waals surface area contributed by atoms with Gasteiger partial charge < -0.3 is 20.5 Å². The third kappa shape index (κ3) is 2.69. The molecule has 2 aliphatic carbocycles. The van der Waals surface area contributed by atoms with E-state index in [1.807, 2.05) is 6.92 Å². The van der Waals surface area contributed by atoms with Gasteiger partial charge in [-0.05, 0) is 32.6 Å². The molecule has 2 saturated carbocycles. The van der Waals surface area contributed by atoms with Crippen LogP contribution in [-0.4, -0.2) is 41.4 Å². The van der Waals surface area contributed by atoms with Crippen LogP contribution in [0.3, 0.4) is 0 Å². The minimum Gasteiger partial charge on any atom is -0.480 e. The number of hydrogen-bond acceptors (Lipinski definition) is 3. The summed E-state index contributed by atoms with van der Waals surface area (Å²) in [5.74, 6) is -0.951. The van der Waals surface area contributed by atoms with Gasteiger partial charge in [-0.25, -0.2) is 9.59 Å². The number of rotatable bonds is 5. The lowest BCUT2D eigenvalue weighted by Crippen LogP contribution is -2.54. The molecule has 2 amide bonds. The fraction of sp³-hybridized carbons (Fsp3) is 0.818. The van der Waals surface area contributed by atoms with Crippen molar-refractivity contribution in [2.24, 2.45) is 0 Å². The largest absolute Gasteiger partial charge is 0.480 e. The van der Waals surface area contributed by atoms with Gasteiger partial charge in [0.15, 0.2) is 0 Å². The molecule has 0 saturated heterocycles. The first kappa shape index (κ1) is 12.2. The van der Waals surface area contributed by atoms with Gasteiger partial charge in [0.2, 0.25) is 0 Å². The minimum atomic E-state index is -1.01. The van der Waals surface area contributed by atoms with Crippen LogP contribution in [0.1, 0.15) is 32.6 Å². The number of aliphatic carboxylic acids is 1. The van der Waals surface area contributed by atoms with Crippen molar-refractivity contribution in [2.45, 2.75) is 50.3 Å². The van der Waals surface area contributed by atoms with E-state index in [9.17, 15) is 9.59 Å². The lowest BCUT2D eigenvalue weighted by Gasteiger charge is -2.35. The third-order valence-electron chi connectivity index (χ3n) is 3.34. The number of carbonyl (C=O) groups excluding carboxylic acids is 1. The molecule has 6 nitrogen and oxygen atoms in total. The monoisotopic (exact) mass is 242 g/mol. The molecule has 96 valence electrons. The lowest BCUT2D eigenvalue weighted by molar-refractivity contribution is -0.140. The van der Waals surface area contributed by atoms with Crippen LogP contribution in [0, 0.1) is 0 Å². The molecule has 0 atom stereocenters. The van der Waals surface area contributed by atoms with Crippen molar-refractivity contribution in [1.29, 1.82) is 0 Å². The van der Waals surface area contributed by atoms with Gasteiger partial charge in [-0.1, -0.05) is 0 Å². The summed E-state index contributed by atoms with van der Waals surface area (Å²) in [5, 5.41) is 14.2. The molecular weight excluding hydrogens is 224 g/mol. The molecule has 2 aliphatic rings. The Balaban J connectivity index is 1.68. The van der Waals surface area contributed by atoms with Crippen LogP contribution in [0.4, 0.5) is 4.79 Å². The Kier molecular flexibility index (Phi) is 3.24. The number of hydrogen-bond donors (Lipinski definition) is 3. The van der Waals surface area contributed by atoms with E-state index in [-0.39, 0.29) is 18.2 Å². The van der Waals surface area contributed by atoms with E-state index < -0.39 is 11.5 Å². The SMILES string of the molecule is CCOC1CC(NC(=O)NC2(C(=O)O)CC2)C1. The van der Waals surface area contributed by atoms with Gasteiger partial charge in [0.05, 0.1) is 6.10 Å². The average molecular weight is 242 g/mol. The summed E-state index contributed by atoms with van der Waals surface area (Å²) in [6, 6.07) is -0.277. The van der Waals surface area contributed by atoms with E-state index >= 15 is 0 Å². The Morgan fingerprint density at radius 2 is 2.06 bits per heavy atom. The molecule has 2 rings (SSSR count). The quantitative estimate of drug-likeness (QED) is 0.654. The zero-order valence-electron chi connectivity index (χ0n) is 9.86. The van der Waals surface area contributed by atoms with Gasteiger partial charge in [-0.3, -0.25) is 0 Å². The molecule has 0 bridgehead atoms. The maximum absolute atomic E-state index is 11.5. The van der Waals surface area contributed by atoms with Gasteiger partial charge in [0.25, 0.3) is 0 Å². The van der Waals surface area contributed by atoms with Gasteiger partial charge in [-0.15, -0.1) is 0 Å². The molecule has 0 unspecified atom stereocenters. The summed E-state index contributed by atoms with van der Waals surface area (Å²) < 4.78 is 5.38. The van der Waals surface area contributed by atoms with Crippen LogP contribution in [-0.2, 0) is 9.53 Å². The molecule has 0 aromatic heterocycles. The second-order valence-electron chi connectivity index (χ2n) is 4.73. The fourth-order valence-electron chi connectivity index (χ4n) is 2.01. The van der Waals surface area contributed by atoms with Crippen LogP contribution >= 0.6 is 0 Å². The molecule has 0 aromatic rings. The standard InChI is InChI=1S/C11H18N2O4/c1-2-17-8-5-7(6-8)12-10(16)13-11(3-4-11)9(14)15/h7-8H,2-6H2,1H3,(H,14,15)(H2,12,13,16). The predicted molar refractivity (Wildman–Crippen MR) is 59.7 cm³/mol. The average Bonchev–Trinajstić information content (AvgIpc) is 2.95. The number of carboxylic acids is 1. The molecule has 0 aliphatic heterocycles. The van der Waals surface area contributed by atoms with E-state index in [1.54, 1.807) is 0 Å². The molecule has 0 spiro atoms. The molecule has 17 heavy (non-hydrogen) atoms. The van der Waals surface area contributed by atoms with Crippen molar-refractivity contribution in [1.82, 2.24) is 10.6 Å². The summed E-state index contributed by atoms with van der Waals surface area (Å²) in [4.78, 5) is 22.4. The zero-order chi connectivity index (χ0) is 12.5. The summed E-state index contributed by atoms with van der Waals surface area (Å²) in [7, 11) is 0. The van der Waals surface area contributed by atoms with E-state index in [2.05, 4.69) is 10.6 Å². The maximum atomic E-state index is 11.5. The highest BCUT2D eigenvalue weighted by molar-refractivity contribution is 5.89. The van der Waals surface area contributed by atoms with Crippen molar-refractivity contribution >= 4 is 12.0 Å². The highest BCUT2D eigenvalue weighted by Gasteiger charge is 2.52. The normalized spacial score (nSPS) is 29.0. The molecule has 3 N–H and O–H groups in total. The van der Waals surface area contributed by atoms with E-state index in [0.29, 0.717) is 19.4 Å². The smallest absolute Gasteiger partial charge is 0.329 e. The Morgan fingerprint density at radius 3 is 2.53 bits per heavy atom. The van der Waals surface area contributed by atoms with Crippen molar-refractivity contribution in [3.05, 3.63) is 0 Å². The third-order valence-corrected chi connectivity index (χ3v) is 3.34. The van der Waals surface area contributed by atoms with Crippen molar-refractivity contribution < 1.29 is 19.4 Å². The molecular formula is C11H18N2O4. The molecule has 0 radical (unpaired) electrons. The Morgan fingerprint density at radius 1 is 1.41 bits per heavy atom. The summed E-state index contributed by atoms with van der Waals surface area (Å²) in [6.07, 6.45) is 2.88. The Hall–Kier alpha value is -1.30. The van der Waals surface area contributed by atoms with Crippen LogP contribution in [0.2, 0.25) is 0 Å². The second-order valence-corrected chi connectivity index (χ2v) is 4.73. The first-order valence-electron chi connectivity index (χ1n) is 5.99. The lowest BCUT2D eigenvalue weighted by atomic mass is 9.89. The first-order chi connectivity index (χ1) is 8.05.